The lowest BCUT2D eigenvalue weighted by Gasteiger charge is -2.46. The summed E-state index contributed by atoms with van der Waals surface area (Å²) in [6.45, 7) is 6.05. The van der Waals surface area contributed by atoms with Crippen LogP contribution in [0.2, 0.25) is 0 Å². The number of amidine groups is 1. The van der Waals surface area contributed by atoms with Crippen molar-refractivity contribution in [1.82, 2.24) is 9.80 Å². The zero-order valence-electron chi connectivity index (χ0n) is 16.9. The zero-order chi connectivity index (χ0) is 21.5. The van der Waals surface area contributed by atoms with Crippen LogP contribution in [0.25, 0.3) is 0 Å². The van der Waals surface area contributed by atoms with Gasteiger partial charge in [0.1, 0.15) is 5.70 Å². The highest BCUT2D eigenvalue weighted by Crippen LogP contribution is 2.52. The second-order valence-corrected chi connectivity index (χ2v) is 10.4. The van der Waals surface area contributed by atoms with Gasteiger partial charge >= 0.3 is 5.97 Å². The summed E-state index contributed by atoms with van der Waals surface area (Å²) in [4.78, 5) is 28.5. The van der Waals surface area contributed by atoms with Gasteiger partial charge in [0.25, 0.3) is 0 Å². The highest BCUT2D eigenvalue weighted by molar-refractivity contribution is 8.03. The number of thioether (sulfide) groups is 2. The van der Waals surface area contributed by atoms with Gasteiger partial charge in [0.05, 0.1) is 30.5 Å². The number of rotatable bonds is 8. The van der Waals surface area contributed by atoms with Gasteiger partial charge in [0.15, 0.2) is 0 Å². The second-order valence-electron chi connectivity index (χ2n) is 7.94. The van der Waals surface area contributed by atoms with E-state index in [1.165, 1.54) is 16.7 Å². The van der Waals surface area contributed by atoms with Crippen molar-refractivity contribution in [1.29, 1.82) is 5.41 Å². The molecule has 2 fully saturated rings. The summed E-state index contributed by atoms with van der Waals surface area (Å²) in [5.74, 6) is -0.151. The van der Waals surface area contributed by atoms with Crippen LogP contribution in [-0.4, -0.2) is 90.9 Å². The number of aliphatic carboxylic acids is 1. The van der Waals surface area contributed by atoms with Crippen molar-refractivity contribution in [3.05, 3.63) is 10.6 Å². The Morgan fingerprint density at radius 3 is 2.66 bits per heavy atom. The molecule has 162 valence electrons. The van der Waals surface area contributed by atoms with Gasteiger partial charge in [-0.3, -0.25) is 10.2 Å². The lowest BCUT2D eigenvalue weighted by atomic mass is 9.79. The molecule has 1 amide bonds. The Morgan fingerprint density at radius 2 is 2.10 bits per heavy atom. The summed E-state index contributed by atoms with van der Waals surface area (Å²) in [6, 6.07) is -0.120. The molecule has 0 radical (unpaired) electrons. The molecule has 2 saturated heterocycles. The molecule has 3 aliphatic heterocycles. The van der Waals surface area contributed by atoms with E-state index >= 15 is 0 Å². The van der Waals surface area contributed by atoms with Gasteiger partial charge in [-0.05, 0) is 20.3 Å². The van der Waals surface area contributed by atoms with Crippen molar-refractivity contribution in [3.8, 4) is 0 Å². The molecule has 0 aromatic rings. The number of likely N-dealkylation sites (tertiary alicyclic amines) is 1. The fourth-order valence-electron chi connectivity index (χ4n) is 4.67. The molecule has 3 rings (SSSR count). The first-order valence-electron chi connectivity index (χ1n) is 9.84. The van der Waals surface area contributed by atoms with Gasteiger partial charge in [-0.25, -0.2) is 4.79 Å². The minimum absolute atomic E-state index is 0.0608. The zero-order valence-corrected chi connectivity index (χ0v) is 18.5. The summed E-state index contributed by atoms with van der Waals surface area (Å²) in [5.41, 5.74) is 0.0608. The van der Waals surface area contributed by atoms with Gasteiger partial charge in [-0.15, -0.1) is 11.8 Å². The number of aliphatic hydroxyl groups is 2. The SMILES string of the molecule is CC(=N)N1C[C@@H](SC2=C(C(=O)O)N3C(=O)[C@H]([C@@H](C)O)C3[C@H]2C)C[C@H]1CSCCO. The summed E-state index contributed by atoms with van der Waals surface area (Å²) >= 11 is 3.17. The van der Waals surface area contributed by atoms with Crippen LogP contribution in [0.4, 0.5) is 0 Å². The second kappa shape index (κ2) is 8.87. The fourth-order valence-corrected chi connectivity index (χ4v) is 7.12. The molecule has 0 bridgehead atoms. The van der Waals surface area contributed by atoms with Gasteiger partial charge in [-0.2, -0.15) is 11.8 Å². The Labute approximate surface area is 179 Å². The number of carbonyl (C=O) groups excluding carboxylic acids is 1. The molecule has 0 saturated carbocycles. The van der Waals surface area contributed by atoms with Crippen molar-refractivity contribution >= 4 is 41.2 Å². The van der Waals surface area contributed by atoms with E-state index < -0.39 is 18.0 Å². The number of carboxylic acids is 1. The number of nitrogens with one attached hydrogen (secondary N) is 1. The summed E-state index contributed by atoms with van der Waals surface area (Å²) < 4.78 is 0. The first-order valence-corrected chi connectivity index (χ1v) is 11.9. The van der Waals surface area contributed by atoms with Crippen molar-refractivity contribution in [2.24, 2.45) is 11.8 Å². The van der Waals surface area contributed by atoms with Crippen LogP contribution in [-0.2, 0) is 9.59 Å². The standard InChI is InChI=1S/C19H29N3O5S2/c1-9-15-14(10(2)24)18(25)22(15)16(19(26)27)17(9)29-13-6-12(8-28-5-4-23)21(7-13)11(3)20/h9-10,12-15,20,23-24H,4-8H2,1-3H3,(H,26,27)/t9-,10-,12+,13+,14-,15?/m1/s1. The smallest absolute Gasteiger partial charge is 0.353 e. The van der Waals surface area contributed by atoms with Crippen LogP contribution in [0.3, 0.4) is 0 Å². The Balaban J connectivity index is 1.77. The maximum Gasteiger partial charge on any atom is 0.353 e. The third-order valence-corrected chi connectivity index (χ3v) is 8.54. The molecule has 3 heterocycles. The Morgan fingerprint density at radius 1 is 1.41 bits per heavy atom. The predicted molar refractivity (Wildman–Crippen MR) is 114 cm³/mol. The number of nitrogens with zero attached hydrogens (tertiary/aromatic N) is 2. The van der Waals surface area contributed by atoms with Crippen LogP contribution < -0.4 is 0 Å². The average molecular weight is 444 g/mol. The highest BCUT2D eigenvalue weighted by atomic mass is 32.2. The molecule has 0 spiro atoms. The van der Waals surface area contributed by atoms with Crippen molar-refractivity contribution < 1.29 is 24.9 Å². The Bertz CT molecular complexity index is 729. The van der Waals surface area contributed by atoms with Crippen LogP contribution in [0, 0.1) is 17.2 Å². The maximum atomic E-state index is 12.5. The van der Waals surface area contributed by atoms with E-state index in [4.69, 9.17) is 10.5 Å². The number of hydrogen-bond acceptors (Lipinski definition) is 7. The van der Waals surface area contributed by atoms with E-state index in [1.54, 1.807) is 25.6 Å². The van der Waals surface area contributed by atoms with E-state index in [2.05, 4.69) is 0 Å². The summed E-state index contributed by atoms with van der Waals surface area (Å²) in [6.07, 6.45) is 0.0157. The first kappa shape index (κ1) is 22.5. The average Bonchev–Trinajstić information content (AvgIpc) is 3.14. The van der Waals surface area contributed by atoms with Gasteiger partial charge in [0, 0.05) is 40.2 Å². The molecule has 1 unspecified atom stereocenters. The molecule has 8 nitrogen and oxygen atoms in total. The van der Waals surface area contributed by atoms with Gasteiger partial charge in [0.2, 0.25) is 5.91 Å². The molecule has 29 heavy (non-hydrogen) atoms. The van der Waals surface area contributed by atoms with E-state index in [1.807, 2.05) is 11.8 Å². The highest BCUT2D eigenvalue weighted by Gasteiger charge is 2.60. The van der Waals surface area contributed by atoms with Crippen LogP contribution in [0.15, 0.2) is 10.6 Å². The molecule has 0 aromatic heterocycles. The largest absolute Gasteiger partial charge is 0.477 e. The maximum absolute atomic E-state index is 12.5. The number of amides is 1. The van der Waals surface area contributed by atoms with E-state index in [-0.39, 0.29) is 41.5 Å². The van der Waals surface area contributed by atoms with Gasteiger partial charge < -0.3 is 25.1 Å². The molecule has 0 aliphatic carbocycles. The fraction of sp³-hybridized carbons (Fsp3) is 0.737. The third kappa shape index (κ3) is 4.04. The van der Waals surface area contributed by atoms with Crippen molar-refractivity contribution in [2.45, 2.75) is 50.6 Å². The molecule has 10 heteroatoms. The van der Waals surface area contributed by atoms with E-state index in [9.17, 15) is 19.8 Å². The van der Waals surface area contributed by atoms with Gasteiger partial charge in [-0.1, -0.05) is 6.92 Å². The Hall–Kier alpha value is -1.23. The monoisotopic (exact) mass is 443 g/mol. The lowest BCUT2D eigenvalue weighted by Crippen LogP contribution is -2.63. The first-order chi connectivity index (χ1) is 13.7. The molecule has 3 aliphatic rings. The summed E-state index contributed by atoms with van der Waals surface area (Å²) in [5, 5.41) is 36.9. The molecule has 6 atom stereocenters. The number of aliphatic hydroxyl groups excluding tert-OH is 2. The molecule has 0 aromatic carbocycles. The van der Waals surface area contributed by atoms with Crippen LogP contribution in [0.1, 0.15) is 27.2 Å². The minimum atomic E-state index is -1.10. The third-order valence-electron chi connectivity index (χ3n) is 5.96. The van der Waals surface area contributed by atoms with Crippen LogP contribution >= 0.6 is 23.5 Å². The van der Waals surface area contributed by atoms with E-state index in [0.29, 0.717) is 23.0 Å². The van der Waals surface area contributed by atoms with Crippen LogP contribution in [0.5, 0.6) is 0 Å². The quantitative estimate of drug-likeness (QED) is 0.190. The number of fused-ring (bicyclic) bond motifs is 1. The van der Waals surface area contributed by atoms with E-state index in [0.717, 1.165) is 12.2 Å². The molecular weight excluding hydrogens is 414 g/mol. The minimum Gasteiger partial charge on any atom is -0.477 e. The number of β-lactam (4-membered cyclic amide) rings is 1. The molecule has 4 N–H and O–H groups in total. The Kier molecular flexibility index (Phi) is 6.87. The van der Waals surface area contributed by atoms with Crippen molar-refractivity contribution in [3.63, 3.8) is 0 Å². The normalized spacial score (nSPS) is 32.4. The molecular formula is C19H29N3O5S2. The topological polar surface area (TPSA) is 125 Å². The number of carboxylic acid groups (broad SMARTS) is 1. The lowest BCUT2D eigenvalue weighted by molar-refractivity contribution is -0.163. The number of hydrogen-bond donors (Lipinski definition) is 4. The number of carbonyl (C=O) groups is 2. The predicted octanol–water partition coefficient (Wildman–Crippen LogP) is 1.04. The van der Waals surface area contributed by atoms with Crippen molar-refractivity contribution in [2.75, 3.05) is 24.7 Å². The summed E-state index contributed by atoms with van der Waals surface area (Å²) in [7, 11) is 0.